The molecule has 0 aliphatic heterocycles. The van der Waals surface area contributed by atoms with Crippen LogP contribution in [0.4, 0.5) is 22.0 Å². The summed E-state index contributed by atoms with van der Waals surface area (Å²) in [5, 5.41) is 0. The number of halogens is 5. The van der Waals surface area contributed by atoms with Crippen molar-refractivity contribution in [2.75, 3.05) is 13.2 Å². The highest BCUT2D eigenvalue weighted by atomic mass is 19.4. The largest absolute Gasteiger partial charge is 0.490 e. The van der Waals surface area contributed by atoms with Crippen molar-refractivity contribution in [1.82, 2.24) is 0 Å². The molecule has 0 spiro atoms. The summed E-state index contributed by atoms with van der Waals surface area (Å²) in [6, 6.07) is 24.5. The Balaban J connectivity index is 1.38. The molecule has 0 atom stereocenters. The molecule has 0 saturated carbocycles. The fraction of sp³-hybridized carbons (Fsp3) is 0.182. The summed E-state index contributed by atoms with van der Waals surface area (Å²) >= 11 is 0. The van der Waals surface area contributed by atoms with Crippen LogP contribution in [-0.4, -0.2) is 25.4 Å². The van der Waals surface area contributed by atoms with Crippen molar-refractivity contribution in [3.05, 3.63) is 114 Å². The summed E-state index contributed by atoms with van der Waals surface area (Å²) in [4.78, 5) is 11.3. The molecule has 4 rings (SSSR count). The highest BCUT2D eigenvalue weighted by molar-refractivity contribution is 5.89. The highest BCUT2D eigenvalue weighted by Crippen LogP contribution is 2.33. The number of alkyl halides is 3. The monoisotopic (exact) mass is 566 g/mol. The summed E-state index contributed by atoms with van der Waals surface area (Å²) in [6.07, 6.45) is -2.91. The summed E-state index contributed by atoms with van der Waals surface area (Å²) in [5.41, 5.74) is 2.72. The van der Waals surface area contributed by atoms with Gasteiger partial charge in [0.1, 0.15) is 24.5 Å². The smallest absolute Gasteiger partial charge is 0.422 e. The fourth-order valence-electron chi connectivity index (χ4n) is 4.22. The van der Waals surface area contributed by atoms with E-state index < -0.39 is 29.4 Å². The number of rotatable bonds is 10. The Labute approximate surface area is 234 Å². The summed E-state index contributed by atoms with van der Waals surface area (Å²) in [5.74, 6) is -2.93. The van der Waals surface area contributed by atoms with Gasteiger partial charge in [-0.25, -0.2) is 13.6 Å². The second-order valence-electron chi connectivity index (χ2n) is 9.30. The van der Waals surface area contributed by atoms with Gasteiger partial charge in [0.05, 0.1) is 0 Å². The Bertz CT molecular complexity index is 1510. The molecule has 3 nitrogen and oxygen atoms in total. The average Bonchev–Trinajstić information content (AvgIpc) is 2.97. The molecule has 0 unspecified atom stereocenters. The minimum Gasteiger partial charge on any atom is -0.490 e. The topological polar surface area (TPSA) is 35.5 Å². The number of benzene rings is 4. The number of carbonyl (C=O) groups is 1. The average molecular weight is 567 g/mol. The van der Waals surface area contributed by atoms with Crippen LogP contribution < -0.4 is 4.74 Å². The van der Waals surface area contributed by atoms with E-state index in [0.717, 1.165) is 29.5 Å². The van der Waals surface area contributed by atoms with Crippen molar-refractivity contribution < 1.29 is 36.2 Å². The lowest BCUT2D eigenvalue weighted by Gasteiger charge is -2.11. The number of aryl methyl sites for hydroxylation is 1. The minimum absolute atomic E-state index is 0.143. The minimum atomic E-state index is -4.85. The van der Waals surface area contributed by atoms with Crippen LogP contribution in [0.15, 0.2) is 97.1 Å². The molecule has 41 heavy (non-hydrogen) atoms. The Morgan fingerprint density at radius 3 is 1.66 bits per heavy atom. The molecule has 0 aliphatic rings. The zero-order valence-electron chi connectivity index (χ0n) is 22.2. The van der Waals surface area contributed by atoms with Gasteiger partial charge in [-0.15, -0.1) is 0 Å². The Kier molecular flexibility index (Phi) is 9.22. The lowest BCUT2D eigenvalue weighted by molar-refractivity contribution is -0.151. The molecule has 0 bridgehead atoms. The molecule has 4 aromatic carbocycles. The molecular formula is C33H27F5O3. The second-order valence-corrected chi connectivity index (χ2v) is 9.30. The van der Waals surface area contributed by atoms with Gasteiger partial charge in [0.15, 0.2) is 11.6 Å². The zero-order valence-corrected chi connectivity index (χ0v) is 22.2. The number of carbonyl (C=O) groups excluding carboxylic acids is 1. The van der Waals surface area contributed by atoms with Gasteiger partial charge >= 0.3 is 12.1 Å². The predicted octanol–water partition coefficient (Wildman–Crippen LogP) is 8.96. The molecule has 8 heteroatoms. The summed E-state index contributed by atoms with van der Waals surface area (Å²) in [7, 11) is 0. The van der Waals surface area contributed by atoms with Gasteiger partial charge in [0, 0.05) is 11.1 Å². The maximum atomic E-state index is 15.1. The van der Waals surface area contributed by atoms with Crippen molar-refractivity contribution >= 4 is 5.97 Å². The zero-order chi connectivity index (χ0) is 29.6. The number of hydrogen-bond donors (Lipinski definition) is 0. The Hall–Kier alpha value is -4.46. The fourth-order valence-corrected chi connectivity index (χ4v) is 4.22. The van der Waals surface area contributed by atoms with Gasteiger partial charge in [0.25, 0.3) is 0 Å². The van der Waals surface area contributed by atoms with Crippen LogP contribution in [0.2, 0.25) is 0 Å². The normalized spacial score (nSPS) is 11.3. The van der Waals surface area contributed by atoms with Crippen molar-refractivity contribution in [2.24, 2.45) is 0 Å². The molecule has 0 N–H and O–H groups in total. The first-order valence-corrected chi connectivity index (χ1v) is 12.9. The van der Waals surface area contributed by atoms with E-state index in [9.17, 15) is 18.0 Å². The van der Waals surface area contributed by atoms with Crippen LogP contribution in [0.25, 0.3) is 33.4 Å². The standard InChI is InChI=1S/C33H27F5O3/c1-3-4-22-5-7-25(8-6-22)28-17-18-29(31(35)30(28)34)26-11-9-23(10-12-26)24-13-15-27(16-14-24)40-19-20-41-32(39)21(2)33(36,37)38/h5-18H,2-4,19-20H2,1H3. The number of esters is 1. The Morgan fingerprint density at radius 1 is 0.707 bits per heavy atom. The molecule has 0 amide bonds. The SMILES string of the molecule is C=C(C(=O)OCCOc1ccc(-c2ccc(-c3ccc(-c4ccc(CCC)cc4)c(F)c3F)cc2)cc1)C(F)(F)F. The second kappa shape index (κ2) is 12.8. The van der Waals surface area contributed by atoms with Crippen molar-refractivity contribution in [3.63, 3.8) is 0 Å². The van der Waals surface area contributed by atoms with Crippen molar-refractivity contribution in [1.29, 1.82) is 0 Å². The van der Waals surface area contributed by atoms with Crippen molar-refractivity contribution in [2.45, 2.75) is 25.9 Å². The first-order valence-electron chi connectivity index (χ1n) is 12.9. The van der Waals surface area contributed by atoms with E-state index in [4.69, 9.17) is 4.74 Å². The first-order chi connectivity index (χ1) is 19.6. The highest BCUT2D eigenvalue weighted by Gasteiger charge is 2.37. The number of ether oxygens (including phenoxy) is 2. The quantitative estimate of drug-likeness (QED) is 0.0832. The van der Waals surface area contributed by atoms with Gasteiger partial charge < -0.3 is 9.47 Å². The van der Waals surface area contributed by atoms with E-state index in [1.165, 1.54) is 0 Å². The van der Waals surface area contributed by atoms with E-state index >= 15 is 8.78 Å². The van der Waals surface area contributed by atoms with Gasteiger partial charge in [-0.2, -0.15) is 13.2 Å². The van der Waals surface area contributed by atoms with Gasteiger partial charge in [-0.1, -0.05) is 92.7 Å². The molecule has 212 valence electrons. The lowest BCUT2D eigenvalue weighted by atomic mass is 9.96. The molecule has 0 aliphatic carbocycles. The van der Waals surface area contributed by atoms with Crippen molar-refractivity contribution in [3.8, 4) is 39.1 Å². The maximum Gasteiger partial charge on any atom is 0.422 e. The van der Waals surface area contributed by atoms with Crippen LogP contribution in [0.1, 0.15) is 18.9 Å². The van der Waals surface area contributed by atoms with Gasteiger partial charge in [-0.3, -0.25) is 0 Å². The van der Waals surface area contributed by atoms with Crippen LogP contribution in [0, 0.1) is 11.6 Å². The third kappa shape index (κ3) is 7.20. The number of hydrogen-bond acceptors (Lipinski definition) is 3. The molecule has 4 aromatic rings. The third-order valence-corrected chi connectivity index (χ3v) is 6.44. The van der Waals surface area contributed by atoms with E-state index in [2.05, 4.69) is 18.2 Å². The van der Waals surface area contributed by atoms with Crippen LogP contribution >= 0.6 is 0 Å². The summed E-state index contributed by atoms with van der Waals surface area (Å²) < 4.78 is 77.4. The van der Waals surface area contributed by atoms with E-state index in [1.54, 1.807) is 72.8 Å². The molecular weight excluding hydrogens is 539 g/mol. The molecule has 0 fully saturated rings. The van der Waals surface area contributed by atoms with Crippen LogP contribution in [0.5, 0.6) is 5.75 Å². The van der Waals surface area contributed by atoms with E-state index in [1.807, 2.05) is 12.1 Å². The predicted molar refractivity (Wildman–Crippen MR) is 148 cm³/mol. The van der Waals surface area contributed by atoms with E-state index in [0.29, 0.717) is 16.9 Å². The molecule has 0 saturated heterocycles. The lowest BCUT2D eigenvalue weighted by Crippen LogP contribution is -2.22. The van der Waals surface area contributed by atoms with Crippen LogP contribution in [-0.2, 0) is 16.0 Å². The molecule has 0 aromatic heterocycles. The third-order valence-electron chi connectivity index (χ3n) is 6.44. The Morgan fingerprint density at radius 2 is 1.17 bits per heavy atom. The molecule has 0 heterocycles. The van der Waals surface area contributed by atoms with Gasteiger partial charge in [-0.05, 0) is 46.4 Å². The maximum absolute atomic E-state index is 15.1. The van der Waals surface area contributed by atoms with E-state index in [-0.39, 0.29) is 24.3 Å². The molecule has 0 radical (unpaired) electrons. The summed E-state index contributed by atoms with van der Waals surface area (Å²) in [6.45, 7) is 4.24. The van der Waals surface area contributed by atoms with Gasteiger partial charge in [0.2, 0.25) is 0 Å². The first kappa shape index (κ1) is 29.5. The van der Waals surface area contributed by atoms with Crippen LogP contribution in [0.3, 0.4) is 0 Å².